The van der Waals surface area contributed by atoms with Gasteiger partial charge < -0.3 is 10.0 Å². The van der Waals surface area contributed by atoms with Crippen molar-refractivity contribution in [1.82, 2.24) is 9.80 Å². The lowest BCUT2D eigenvalue weighted by molar-refractivity contribution is -0.140. The highest BCUT2D eigenvalue weighted by molar-refractivity contribution is 5.79. The number of carbonyl (C=O) groups excluding carboxylic acids is 1. The van der Waals surface area contributed by atoms with Crippen molar-refractivity contribution in [3.8, 4) is 0 Å². The van der Waals surface area contributed by atoms with Gasteiger partial charge in [0.05, 0.1) is 13.1 Å². The van der Waals surface area contributed by atoms with Crippen LogP contribution >= 0.6 is 0 Å². The first-order chi connectivity index (χ1) is 7.41. The van der Waals surface area contributed by atoms with Crippen LogP contribution in [-0.4, -0.2) is 59.0 Å². The number of aliphatic carboxylic acids is 1. The third kappa shape index (κ3) is 3.81. The Bertz CT molecular complexity index is 274. The average molecular weight is 228 g/mol. The topological polar surface area (TPSA) is 60.9 Å². The molecule has 5 heteroatoms. The van der Waals surface area contributed by atoms with E-state index in [1.807, 2.05) is 13.8 Å². The monoisotopic (exact) mass is 228 g/mol. The molecule has 5 nitrogen and oxygen atoms in total. The molecule has 0 aliphatic heterocycles. The summed E-state index contributed by atoms with van der Waals surface area (Å²) >= 11 is 0. The quantitative estimate of drug-likeness (QED) is 0.715. The summed E-state index contributed by atoms with van der Waals surface area (Å²) in [6, 6.07) is 0.444. The van der Waals surface area contributed by atoms with E-state index in [4.69, 9.17) is 5.11 Å². The van der Waals surface area contributed by atoms with Crippen molar-refractivity contribution in [2.24, 2.45) is 0 Å². The predicted molar refractivity (Wildman–Crippen MR) is 60.1 cm³/mol. The molecule has 0 atom stereocenters. The van der Waals surface area contributed by atoms with Crippen molar-refractivity contribution < 1.29 is 14.7 Å². The lowest BCUT2D eigenvalue weighted by atomic mass is 10.3. The Kier molecular flexibility index (Phi) is 4.29. The van der Waals surface area contributed by atoms with Gasteiger partial charge in [0.15, 0.2) is 0 Å². The lowest BCUT2D eigenvalue weighted by Crippen LogP contribution is -2.44. The zero-order valence-electron chi connectivity index (χ0n) is 10.1. The summed E-state index contributed by atoms with van der Waals surface area (Å²) in [5.41, 5.74) is 0. The van der Waals surface area contributed by atoms with Crippen LogP contribution in [0.1, 0.15) is 26.7 Å². The summed E-state index contributed by atoms with van der Waals surface area (Å²) in [6.45, 7) is 3.90. The molecule has 1 saturated carbocycles. The molecule has 1 rings (SSSR count). The number of likely N-dealkylation sites (N-methyl/N-ethyl adjacent to an activating group) is 1. The first-order valence-corrected chi connectivity index (χ1v) is 5.63. The fourth-order valence-electron chi connectivity index (χ4n) is 1.55. The van der Waals surface area contributed by atoms with Crippen LogP contribution in [0.3, 0.4) is 0 Å². The molecule has 1 fully saturated rings. The van der Waals surface area contributed by atoms with E-state index in [9.17, 15) is 9.59 Å². The van der Waals surface area contributed by atoms with Gasteiger partial charge in [-0.2, -0.15) is 0 Å². The van der Waals surface area contributed by atoms with Crippen molar-refractivity contribution >= 4 is 11.9 Å². The maximum absolute atomic E-state index is 11.8. The maximum atomic E-state index is 11.8. The molecule has 1 N–H and O–H groups in total. The van der Waals surface area contributed by atoms with Crippen molar-refractivity contribution in [3.63, 3.8) is 0 Å². The number of hydrogen-bond donors (Lipinski definition) is 1. The Morgan fingerprint density at radius 1 is 1.31 bits per heavy atom. The number of amides is 1. The van der Waals surface area contributed by atoms with Crippen LogP contribution in [0.25, 0.3) is 0 Å². The molecule has 0 bridgehead atoms. The molecule has 1 aliphatic carbocycles. The largest absolute Gasteiger partial charge is 0.480 e. The Morgan fingerprint density at radius 2 is 1.88 bits per heavy atom. The van der Waals surface area contributed by atoms with Gasteiger partial charge in [0, 0.05) is 19.1 Å². The zero-order valence-corrected chi connectivity index (χ0v) is 10.1. The maximum Gasteiger partial charge on any atom is 0.317 e. The second kappa shape index (κ2) is 5.30. The van der Waals surface area contributed by atoms with E-state index in [0.717, 1.165) is 12.8 Å². The number of carboxylic acid groups (broad SMARTS) is 1. The summed E-state index contributed by atoms with van der Waals surface area (Å²) in [4.78, 5) is 25.9. The van der Waals surface area contributed by atoms with Crippen molar-refractivity contribution in [2.45, 2.75) is 38.8 Å². The van der Waals surface area contributed by atoms with Gasteiger partial charge in [-0.15, -0.1) is 0 Å². The van der Waals surface area contributed by atoms with Crippen LogP contribution in [0.4, 0.5) is 0 Å². The highest BCUT2D eigenvalue weighted by Gasteiger charge is 2.30. The van der Waals surface area contributed by atoms with Gasteiger partial charge in [-0.1, -0.05) is 0 Å². The number of nitrogens with zero attached hydrogens (tertiary/aromatic N) is 2. The lowest BCUT2D eigenvalue weighted by Gasteiger charge is -2.26. The van der Waals surface area contributed by atoms with Crippen molar-refractivity contribution in [3.05, 3.63) is 0 Å². The fraction of sp³-hybridized carbons (Fsp3) is 0.818. The smallest absolute Gasteiger partial charge is 0.317 e. The highest BCUT2D eigenvalue weighted by Crippen LogP contribution is 2.25. The van der Waals surface area contributed by atoms with Gasteiger partial charge in [0.1, 0.15) is 0 Å². The van der Waals surface area contributed by atoms with E-state index in [0.29, 0.717) is 6.04 Å². The first kappa shape index (κ1) is 13.0. The van der Waals surface area contributed by atoms with Gasteiger partial charge in [-0.05, 0) is 26.7 Å². The van der Waals surface area contributed by atoms with E-state index in [1.165, 1.54) is 0 Å². The molecule has 0 aromatic carbocycles. The van der Waals surface area contributed by atoms with Gasteiger partial charge in [-0.25, -0.2) is 0 Å². The van der Waals surface area contributed by atoms with Crippen LogP contribution < -0.4 is 0 Å². The Balaban J connectivity index is 2.46. The van der Waals surface area contributed by atoms with Crippen LogP contribution in [0, 0.1) is 0 Å². The minimum absolute atomic E-state index is 0.0115. The molecule has 1 aliphatic rings. The molecule has 0 saturated heterocycles. The number of carbonyl (C=O) groups is 2. The standard InChI is InChI=1S/C11H20N2O3/c1-8(2)13(7-11(15)16)6-10(14)12(3)9-4-5-9/h8-9H,4-7H2,1-3H3,(H,15,16). The van der Waals surface area contributed by atoms with Gasteiger partial charge in [0.25, 0.3) is 0 Å². The Labute approximate surface area is 96.0 Å². The third-order valence-corrected chi connectivity index (χ3v) is 2.89. The van der Waals surface area contributed by atoms with E-state index < -0.39 is 5.97 Å². The summed E-state index contributed by atoms with van der Waals surface area (Å²) in [5.74, 6) is -0.881. The molecule has 92 valence electrons. The number of carboxylic acids is 1. The molecule has 0 aromatic heterocycles. The summed E-state index contributed by atoms with van der Waals surface area (Å²) in [6.07, 6.45) is 2.14. The molecular formula is C11H20N2O3. The summed E-state index contributed by atoms with van der Waals surface area (Å²) in [5, 5.41) is 8.74. The van der Waals surface area contributed by atoms with E-state index in [2.05, 4.69) is 0 Å². The second-order valence-electron chi connectivity index (χ2n) is 4.63. The summed E-state index contributed by atoms with van der Waals surface area (Å²) < 4.78 is 0. The SMILES string of the molecule is CC(C)N(CC(=O)O)CC(=O)N(C)C1CC1. The minimum Gasteiger partial charge on any atom is -0.480 e. The van der Waals surface area contributed by atoms with Crippen LogP contribution in [0.2, 0.25) is 0 Å². The van der Waals surface area contributed by atoms with E-state index in [1.54, 1.807) is 16.8 Å². The predicted octanol–water partition coefficient (Wildman–Crippen LogP) is 0.402. The highest BCUT2D eigenvalue weighted by atomic mass is 16.4. The van der Waals surface area contributed by atoms with Crippen LogP contribution in [0.5, 0.6) is 0 Å². The number of rotatable bonds is 6. The minimum atomic E-state index is -0.893. The Morgan fingerprint density at radius 3 is 2.25 bits per heavy atom. The summed E-state index contributed by atoms with van der Waals surface area (Å²) in [7, 11) is 1.79. The van der Waals surface area contributed by atoms with E-state index in [-0.39, 0.29) is 25.0 Å². The molecule has 16 heavy (non-hydrogen) atoms. The Hall–Kier alpha value is -1.10. The average Bonchev–Trinajstić information content (AvgIpc) is 2.97. The van der Waals surface area contributed by atoms with Crippen LogP contribution in [0.15, 0.2) is 0 Å². The van der Waals surface area contributed by atoms with Crippen molar-refractivity contribution in [1.29, 1.82) is 0 Å². The van der Waals surface area contributed by atoms with Crippen molar-refractivity contribution in [2.75, 3.05) is 20.1 Å². The molecule has 0 radical (unpaired) electrons. The number of hydrogen-bond acceptors (Lipinski definition) is 3. The zero-order chi connectivity index (χ0) is 12.3. The molecule has 0 spiro atoms. The third-order valence-electron chi connectivity index (χ3n) is 2.89. The normalized spacial score (nSPS) is 15.6. The van der Waals surface area contributed by atoms with E-state index >= 15 is 0 Å². The van der Waals surface area contributed by atoms with Gasteiger partial charge in [-0.3, -0.25) is 14.5 Å². The molecular weight excluding hydrogens is 208 g/mol. The second-order valence-corrected chi connectivity index (χ2v) is 4.63. The fourth-order valence-corrected chi connectivity index (χ4v) is 1.55. The first-order valence-electron chi connectivity index (χ1n) is 5.63. The molecule has 1 amide bonds. The van der Waals surface area contributed by atoms with Gasteiger partial charge >= 0.3 is 5.97 Å². The molecule has 0 aromatic rings. The molecule has 0 unspecified atom stereocenters. The molecule has 0 heterocycles. The van der Waals surface area contributed by atoms with Crippen LogP contribution in [-0.2, 0) is 9.59 Å². The van der Waals surface area contributed by atoms with Gasteiger partial charge in [0.2, 0.25) is 5.91 Å².